The van der Waals surface area contributed by atoms with Gasteiger partial charge in [-0.3, -0.25) is 4.98 Å². The number of fused-ring (bicyclic) bond motifs is 7. The van der Waals surface area contributed by atoms with Crippen LogP contribution >= 0.6 is 11.3 Å². The summed E-state index contributed by atoms with van der Waals surface area (Å²) in [7, 11) is 2.14. The lowest BCUT2D eigenvalue weighted by Gasteiger charge is -1.93. The molecule has 4 nitrogen and oxygen atoms in total. The fourth-order valence-corrected chi connectivity index (χ4v) is 4.31. The van der Waals surface area contributed by atoms with Crippen LogP contribution in [0.15, 0.2) is 36.8 Å². The monoisotopic (exact) mass is 279 g/mol. The van der Waals surface area contributed by atoms with Crippen molar-refractivity contribution in [3.8, 4) is 11.4 Å². The second-order valence-corrected chi connectivity index (χ2v) is 6.09. The number of aryl methyl sites for hydroxylation is 1. The van der Waals surface area contributed by atoms with E-state index < -0.39 is 0 Å². The van der Waals surface area contributed by atoms with Crippen molar-refractivity contribution in [1.82, 2.24) is 14.5 Å². The van der Waals surface area contributed by atoms with Crippen LogP contribution in [-0.2, 0) is 13.6 Å². The molecule has 0 bridgehead atoms. The molecule has 0 saturated carbocycles. The van der Waals surface area contributed by atoms with Crippen LogP contribution in [0.4, 0.5) is 0 Å². The minimum absolute atomic E-state index is 0.899. The van der Waals surface area contributed by atoms with Crippen molar-refractivity contribution in [3.63, 3.8) is 0 Å². The van der Waals surface area contributed by atoms with Crippen molar-refractivity contribution in [2.45, 2.75) is 6.54 Å². The van der Waals surface area contributed by atoms with E-state index in [1.807, 2.05) is 24.7 Å². The molecule has 0 radical (unpaired) electrons. The van der Waals surface area contributed by atoms with E-state index in [0.717, 1.165) is 11.4 Å². The van der Waals surface area contributed by atoms with E-state index in [9.17, 15) is 0 Å². The molecular weight excluding hydrogens is 268 g/mol. The fraction of sp³-hybridized carbons (Fsp3) is 0.133. The molecule has 4 aromatic heterocycles. The highest BCUT2D eigenvalue weighted by Crippen LogP contribution is 2.38. The highest BCUT2D eigenvalue weighted by molar-refractivity contribution is 7.24. The number of aromatic nitrogens is 4. The summed E-state index contributed by atoms with van der Waals surface area (Å²) < 4.78 is 4.68. The number of nitrogens with zero attached hydrogens (tertiary/aromatic N) is 4. The molecule has 1 aliphatic rings. The van der Waals surface area contributed by atoms with Crippen LogP contribution in [0.5, 0.6) is 0 Å². The maximum absolute atomic E-state index is 4.49. The summed E-state index contributed by atoms with van der Waals surface area (Å²) in [6, 6.07) is 6.28. The van der Waals surface area contributed by atoms with Gasteiger partial charge in [0.1, 0.15) is 11.4 Å². The van der Waals surface area contributed by atoms with Crippen LogP contribution in [0, 0.1) is 0 Å². The molecule has 5 heteroatoms. The second kappa shape index (κ2) is 3.43. The van der Waals surface area contributed by atoms with Gasteiger partial charge in [-0.2, -0.15) is 0 Å². The third kappa shape index (κ3) is 1.10. The summed E-state index contributed by atoms with van der Waals surface area (Å²) >= 11 is 1.76. The smallest absolute Gasteiger partial charge is 0.264 e. The van der Waals surface area contributed by atoms with Gasteiger partial charge in [-0.25, -0.2) is 14.1 Å². The Morgan fingerprint density at radius 3 is 3.20 bits per heavy atom. The Hall–Kier alpha value is -2.27. The Labute approximate surface area is 119 Å². The van der Waals surface area contributed by atoms with Crippen LogP contribution in [0.25, 0.3) is 32.0 Å². The third-order valence-corrected chi connectivity index (χ3v) is 5.22. The van der Waals surface area contributed by atoms with Gasteiger partial charge in [-0.1, -0.05) is 11.3 Å². The molecule has 0 unspecified atom stereocenters. The van der Waals surface area contributed by atoms with Crippen molar-refractivity contribution in [2.24, 2.45) is 7.05 Å². The number of rotatable bonds is 0. The lowest BCUT2D eigenvalue weighted by atomic mass is 10.2. The third-order valence-electron chi connectivity index (χ3n) is 4.04. The van der Waals surface area contributed by atoms with E-state index in [0.29, 0.717) is 0 Å². The molecule has 1 aliphatic heterocycles. The maximum Gasteiger partial charge on any atom is 0.291 e. The molecule has 0 N–H and O–H groups in total. The second-order valence-electron chi connectivity index (χ2n) is 5.11. The van der Waals surface area contributed by atoms with Crippen molar-refractivity contribution in [3.05, 3.63) is 42.4 Å². The molecule has 96 valence electrons. The van der Waals surface area contributed by atoms with E-state index in [1.165, 1.54) is 32.7 Å². The van der Waals surface area contributed by atoms with Gasteiger partial charge in [-0.15, -0.1) is 0 Å². The van der Waals surface area contributed by atoms with Crippen molar-refractivity contribution >= 4 is 31.9 Å². The highest BCUT2D eigenvalue weighted by Gasteiger charge is 2.34. The Bertz CT molecular complexity index is 996. The summed E-state index contributed by atoms with van der Waals surface area (Å²) in [5.41, 5.74) is 3.89. The largest absolute Gasteiger partial charge is 0.291 e. The quantitative estimate of drug-likeness (QED) is 0.408. The minimum Gasteiger partial charge on any atom is -0.264 e. The number of pyridine rings is 2. The van der Waals surface area contributed by atoms with Gasteiger partial charge < -0.3 is 0 Å². The van der Waals surface area contributed by atoms with Gasteiger partial charge in [0.05, 0.1) is 18.0 Å². The molecule has 4 aromatic rings. The van der Waals surface area contributed by atoms with Crippen LogP contribution in [0.2, 0.25) is 0 Å². The average Bonchev–Trinajstić information content (AvgIpc) is 3.10. The first-order valence-electron chi connectivity index (χ1n) is 6.53. The van der Waals surface area contributed by atoms with Crippen molar-refractivity contribution in [2.75, 3.05) is 0 Å². The molecule has 5 rings (SSSR count). The van der Waals surface area contributed by atoms with Crippen LogP contribution in [0.3, 0.4) is 0 Å². The van der Waals surface area contributed by atoms with E-state index in [-0.39, 0.29) is 0 Å². The summed E-state index contributed by atoms with van der Waals surface area (Å²) in [6.45, 7) is 0.899. The van der Waals surface area contributed by atoms with Gasteiger partial charge in [0.15, 0.2) is 5.52 Å². The predicted octanol–water partition coefficient (Wildman–Crippen LogP) is 2.50. The molecule has 0 aromatic carbocycles. The van der Waals surface area contributed by atoms with E-state index in [1.54, 1.807) is 11.3 Å². The van der Waals surface area contributed by atoms with Gasteiger partial charge in [-0.05, 0) is 18.2 Å². The van der Waals surface area contributed by atoms with E-state index >= 15 is 0 Å². The lowest BCUT2D eigenvalue weighted by molar-refractivity contribution is -0.631. The van der Waals surface area contributed by atoms with Gasteiger partial charge in [0, 0.05) is 24.2 Å². The van der Waals surface area contributed by atoms with Crippen molar-refractivity contribution in [1.29, 1.82) is 0 Å². The zero-order chi connectivity index (χ0) is 13.3. The fourth-order valence-electron chi connectivity index (χ4n) is 3.20. The first-order chi connectivity index (χ1) is 9.84. The lowest BCUT2D eigenvalue weighted by Crippen LogP contribution is -2.28. The first kappa shape index (κ1) is 10.5. The zero-order valence-electron chi connectivity index (χ0n) is 10.9. The van der Waals surface area contributed by atoms with E-state index in [2.05, 4.69) is 38.3 Å². The van der Waals surface area contributed by atoms with Gasteiger partial charge >= 0.3 is 0 Å². The van der Waals surface area contributed by atoms with Gasteiger partial charge in [0.25, 0.3) is 5.82 Å². The standard InChI is InChI=1S/C15H11N4S/c1-18-14-10-4-6-16-7-9(10)8-19(14)12-11-3-2-5-17-13(11)20-15(12)18/h2-7H,8H2,1H3/q+1. The molecule has 5 heterocycles. The molecule has 20 heavy (non-hydrogen) atoms. The van der Waals surface area contributed by atoms with E-state index in [4.69, 9.17) is 0 Å². The zero-order valence-corrected chi connectivity index (χ0v) is 11.7. The molecule has 0 atom stereocenters. The molecule has 0 aliphatic carbocycles. The maximum atomic E-state index is 4.49. The first-order valence-corrected chi connectivity index (χ1v) is 7.35. The predicted molar refractivity (Wildman–Crippen MR) is 78.6 cm³/mol. The summed E-state index contributed by atoms with van der Waals surface area (Å²) in [4.78, 5) is 11.1. The Morgan fingerprint density at radius 2 is 2.25 bits per heavy atom. The highest BCUT2D eigenvalue weighted by atomic mass is 32.1. The molecule has 0 spiro atoms. The molecule has 0 saturated heterocycles. The van der Waals surface area contributed by atoms with Gasteiger partial charge in [0.2, 0.25) is 4.83 Å². The molecule has 0 fully saturated rings. The minimum atomic E-state index is 0.899. The number of hydrogen-bond donors (Lipinski definition) is 0. The normalized spacial score (nSPS) is 13.1. The molecule has 0 amide bonds. The average molecular weight is 279 g/mol. The van der Waals surface area contributed by atoms with Crippen LogP contribution in [0.1, 0.15) is 5.56 Å². The Kier molecular flexibility index (Phi) is 1.80. The topological polar surface area (TPSA) is 34.6 Å². The molecular formula is C15H11N4S+. The van der Waals surface area contributed by atoms with Crippen LogP contribution < -0.4 is 4.57 Å². The Balaban J connectivity index is 1.99. The number of thiophene rings is 1. The van der Waals surface area contributed by atoms with Crippen molar-refractivity contribution < 1.29 is 4.57 Å². The summed E-state index contributed by atoms with van der Waals surface area (Å²) in [5, 5.41) is 1.25. The SMILES string of the molecule is C[n+]1c2n(c3c4cccnc4sc31)Cc1cnccc1-2. The van der Waals surface area contributed by atoms with Crippen LogP contribution in [-0.4, -0.2) is 14.5 Å². The number of imidazole rings is 1. The number of hydrogen-bond acceptors (Lipinski definition) is 3. The summed E-state index contributed by atoms with van der Waals surface area (Å²) in [5.74, 6) is 1.27. The Morgan fingerprint density at radius 1 is 1.30 bits per heavy atom. The summed E-state index contributed by atoms with van der Waals surface area (Å²) in [6.07, 6.45) is 5.71.